The number of aromatic nitrogens is 3. The highest BCUT2D eigenvalue weighted by molar-refractivity contribution is 5.92. The number of primary amides is 1. The van der Waals surface area contributed by atoms with Gasteiger partial charge in [-0.3, -0.25) is 4.79 Å². The molecule has 0 atom stereocenters. The lowest BCUT2D eigenvalue weighted by Crippen LogP contribution is -2.33. The number of carbonyl (C=O) groups excluding carboxylic acids is 1. The number of carbonyl (C=O) groups is 1. The Hall–Kier alpha value is -3.13. The first-order valence-corrected chi connectivity index (χ1v) is 9.13. The van der Waals surface area contributed by atoms with E-state index >= 15 is 0 Å². The number of para-hydroxylation sites is 1. The van der Waals surface area contributed by atoms with Crippen molar-refractivity contribution in [3.63, 3.8) is 0 Å². The minimum atomic E-state index is -0.568. The highest BCUT2D eigenvalue weighted by Crippen LogP contribution is 2.26. The minimum absolute atomic E-state index is 0.246. The quantitative estimate of drug-likeness (QED) is 0.550. The molecule has 6 N–H and O–H groups in total. The lowest BCUT2D eigenvalue weighted by Gasteiger charge is -2.27. The number of anilines is 3. The predicted octanol–water partition coefficient (Wildman–Crippen LogP) is 2.25. The molecular formula is C19H23N7O. The Kier molecular flexibility index (Phi) is 4.64. The lowest BCUT2D eigenvalue weighted by molar-refractivity contribution is 0.0993. The first kappa shape index (κ1) is 17.3. The van der Waals surface area contributed by atoms with Gasteiger partial charge in [0.25, 0.3) is 5.91 Å². The van der Waals surface area contributed by atoms with Crippen LogP contribution < -0.4 is 22.1 Å². The molecule has 140 valence electrons. The van der Waals surface area contributed by atoms with Crippen LogP contribution in [0.3, 0.4) is 0 Å². The van der Waals surface area contributed by atoms with E-state index < -0.39 is 5.91 Å². The Bertz CT molecular complexity index is 945. The molecule has 1 aromatic carbocycles. The standard InChI is InChI=1S/C19H23N7O/c20-12-6-8-14(9-7-12)24-17-10-15(23-13-4-2-1-3-5-13)19-22-11-16(18(21)27)26(19)25-17/h1-5,10-12,14,23H,6-9,20H2,(H2,21,27)(H,24,25). The second kappa shape index (κ2) is 7.24. The highest BCUT2D eigenvalue weighted by Gasteiger charge is 2.20. The van der Waals surface area contributed by atoms with Gasteiger partial charge in [-0.2, -0.15) is 0 Å². The molecule has 2 aromatic heterocycles. The van der Waals surface area contributed by atoms with Crippen molar-refractivity contribution in [3.05, 3.63) is 48.3 Å². The van der Waals surface area contributed by atoms with Crippen molar-refractivity contribution < 1.29 is 4.79 Å². The van der Waals surface area contributed by atoms with Crippen molar-refractivity contribution >= 4 is 28.7 Å². The fraction of sp³-hybridized carbons (Fsp3) is 0.316. The number of hydrogen-bond acceptors (Lipinski definition) is 6. The van der Waals surface area contributed by atoms with Crippen LogP contribution >= 0.6 is 0 Å². The maximum Gasteiger partial charge on any atom is 0.269 e. The van der Waals surface area contributed by atoms with Gasteiger partial charge < -0.3 is 22.1 Å². The summed E-state index contributed by atoms with van der Waals surface area (Å²) in [6.45, 7) is 0. The molecule has 1 aliphatic rings. The first-order valence-electron chi connectivity index (χ1n) is 9.13. The Morgan fingerprint density at radius 1 is 1.15 bits per heavy atom. The van der Waals surface area contributed by atoms with E-state index in [9.17, 15) is 4.79 Å². The molecule has 1 saturated carbocycles. The van der Waals surface area contributed by atoms with Crippen LogP contribution in [-0.2, 0) is 0 Å². The molecule has 1 amide bonds. The number of amides is 1. The van der Waals surface area contributed by atoms with Gasteiger partial charge in [0.2, 0.25) is 0 Å². The maximum absolute atomic E-state index is 11.7. The average Bonchev–Trinajstić information content (AvgIpc) is 3.09. The summed E-state index contributed by atoms with van der Waals surface area (Å²) >= 11 is 0. The maximum atomic E-state index is 11.7. The zero-order valence-electron chi connectivity index (χ0n) is 14.9. The Labute approximate surface area is 157 Å². The van der Waals surface area contributed by atoms with E-state index in [1.54, 1.807) is 0 Å². The van der Waals surface area contributed by atoms with Gasteiger partial charge in [-0.1, -0.05) is 18.2 Å². The molecular weight excluding hydrogens is 342 g/mol. The molecule has 0 aliphatic heterocycles. The van der Waals surface area contributed by atoms with E-state index in [0.29, 0.717) is 17.5 Å². The van der Waals surface area contributed by atoms with E-state index in [1.165, 1.54) is 10.7 Å². The second-order valence-corrected chi connectivity index (χ2v) is 6.93. The van der Waals surface area contributed by atoms with Crippen LogP contribution in [0.15, 0.2) is 42.6 Å². The number of fused-ring (bicyclic) bond motifs is 1. The lowest BCUT2D eigenvalue weighted by atomic mass is 9.92. The fourth-order valence-corrected chi connectivity index (χ4v) is 3.45. The molecule has 0 radical (unpaired) electrons. The van der Waals surface area contributed by atoms with Crippen LogP contribution in [0.2, 0.25) is 0 Å². The Morgan fingerprint density at radius 3 is 2.59 bits per heavy atom. The van der Waals surface area contributed by atoms with Crippen LogP contribution in [0.4, 0.5) is 17.2 Å². The van der Waals surface area contributed by atoms with Crippen molar-refractivity contribution in [2.24, 2.45) is 11.5 Å². The van der Waals surface area contributed by atoms with Crippen LogP contribution in [0.5, 0.6) is 0 Å². The molecule has 0 saturated heterocycles. The van der Waals surface area contributed by atoms with Gasteiger partial charge in [0.05, 0.1) is 11.9 Å². The van der Waals surface area contributed by atoms with E-state index in [1.807, 2.05) is 36.4 Å². The molecule has 0 bridgehead atoms. The summed E-state index contributed by atoms with van der Waals surface area (Å²) in [5, 5.41) is 11.4. The molecule has 8 nitrogen and oxygen atoms in total. The van der Waals surface area contributed by atoms with E-state index in [-0.39, 0.29) is 11.7 Å². The van der Waals surface area contributed by atoms with Gasteiger partial charge >= 0.3 is 0 Å². The number of rotatable bonds is 5. The summed E-state index contributed by atoms with van der Waals surface area (Å²) in [5.41, 5.74) is 13.9. The summed E-state index contributed by atoms with van der Waals surface area (Å²) in [7, 11) is 0. The number of nitrogens with two attached hydrogens (primary N) is 2. The SMILES string of the molecule is NC(=O)c1cnc2c(Nc3ccccc3)cc(NC3CCC(N)CC3)nn12. The summed E-state index contributed by atoms with van der Waals surface area (Å²) in [4.78, 5) is 16.1. The third kappa shape index (κ3) is 3.70. The smallest absolute Gasteiger partial charge is 0.269 e. The number of hydrogen-bond donors (Lipinski definition) is 4. The normalized spacial score (nSPS) is 19.7. The van der Waals surface area contributed by atoms with Crippen molar-refractivity contribution in [2.75, 3.05) is 10.6 Å². The Morgan fingerprint density at radius 2 is 1.89 bits per heavy atom. The van der Waals surface area contributed by atoms with Gasteiger partial charge in [0.15, 0.2) is 5.65 Å². The van der Waals surface area contributed by atoms with Crippen LogP contribution in [0, 0.1) is 0 Å². The zero-order valence-corrected chi connectivity index (χ0v) is 14.9. The molecule has 1 fully saturated rings. The third-order valence-corrected chi connectivity index (χ3v) is 4.90. The molecule has 8 heteroatoms. The minimum Gasteiger partial charge on any atom is -0.366 e. The van der Waals surface area contributed by atoms with Gasteiger partial charge in [-0.15, -0.1) is 5.10 Å². The van der Waals surface area contributed by atoms with Crippen LogP contribution in [0.25, 0.3) is 5.65 Å². The topological polar surface area (TPSA) is 123 Å². The monoisotopic (exact) mass is 365 g/mol. The van der Waals surface area contributed by atoms with Gasteiger partial charge in [-0.25, -0.2) is 9.50 Å². The summed E-state index contributed by atoms with van der Waals surface area (Å²) in [5.74, 6) is 0.100. The van der Waals surface area contributed by atoms with Crippen molar-refractivity contribution in [2.45, 2.75) is 37.8 Å². The first-order chi connectivity index (χ1) is 13.1. The number of nitrogens with zero attached hydrogens (tertiary/aromatic N) is 3. The summed E-state index contributed by atoms with van der Waals surface area (Å²) in [6.07, 6.45) is 5.42. The van der Waals surface area contributed by atoms with Crippen LogP contribution in [-0.4, -0.2) is 32.6 Å². The molecule has 3 aromatic rings. The number of imidazole rings is 1. The van der Waals surface area contributed by atoms with E-state index in [4.69, 9.17) is 11.5 Å². The summed E-state index contributed by atoms with van der Waals surface area (Å²) in [6, 6.07) is 12.3. The van der Waals surface area contributed by atoms with E-state index in [2.05, 4.69) is 20.7 Å². The molecule has 4 rings (SSSR count). The number of benzene rings is 1. The summed E-state index contributed by atoms with van der Waals surface area (Å²) < 4.78 is 1.49. The fourth-order valence-electron chi connectivity index (χ4n) is 3.45. The molecule has 0 spiro atoms. The Balaban J connectivity index is 1.70. The van der Waals surface area contributed by atoms with Crippen LogP contribution in [0.1, 0.15) is 36.2 Å². The van der Waals surface area contributed by atoms with E-state index in [0.717, 1.165) is 37.1 Å². The molecule has 2 heterocycles. The van der Waals surface area contributed by atoms with Crippen molar-refractivity contribution in [1.82, 2.24) is 14.6 Å². The number of nitrogens with one attached hydrogen (secondary N) is 2. The van der Waals surface area contributed by atoms with Gasteiger partial charge in [-0.05, 0) is 37.8 Å². The van der Waals surface area contributed by atoms with Gasteiger partial charge in [0, 0.05) is 23.8 Å². The van der Waals surface area contributed by atoms with Crippen molar-refractivity contribution in [3.8, 4) is 0 Å². The largest absolute Gasteiger partial charge is 0.366 e. The zero-order chi connectivity index (χ0) is 18.8. The van der Waals surface area contributed by atoms with Gasteiger partial charge in [0.1, 0.15) is 11.5 Å². The third-order valence-electron chi connectivity index (χ3n) is 4.90. The predicted molar refractivity (Wildman–Crippen MR) is 105 cm³/mol. The average molecular weight is 365 g/mol. The highest BCUT2D eigenvalue weighted by atomic mass is 16.1. The molecule has 0 unspecified atom stereocenters. The molecule has 1 aliphatic carbocycles. The molecule has 27 heavy (non-hydrogen) atoms. The van der Waals surface area contributed by atoms with Crippen molar-refractivity contribution in [1.29, 1.82) is 0 Å². The second-order valence-electron chi connectivity index (χ2n) is 6.93.